The van der Waals surface area contributed by atoms with Gasteiger partial charge in [0.2, 0.25) is 0 Å². The van der Waals surface area contributed by atoms with Gasteiger partial charge < -0.3 is 0 Å². The summed E-state index contributed by atoms with van der Waals surface area (Å²) in [5, 5.41) is 0. The van der Waals surface area contributed by atoms with Gasteiger partial charge in [-0.25, -0.2) is 0 Å². The molecule has 0 aliphatic heterocycles. The summed E-state index contributed by atoms with van der Waals surface area (Å²) in [6.45, 7) is 0. The zero-order valence-corrected chi connectivity index (χ0v) is 8.87. The van der Waals surface area contributed by atoms with Crippen molar-refractivity contribution in [1.29, 1.82) is 0 Å². The summed E-state index contributed by atoms with van der Waals surface area (Å²) in [6.07, 6.45) is 2.55. The first-order chi connectivity index (χ1) is 8.46. The van der Waals surface area contributed by atoms with Crippen molar-refractivity contribution >= 4 is 0 Å². The number of fused-ring (bicyclic) bond motifs is 3. The summed E-state index contributed by atoms with van der Waals surface area (Å²) in [4.78, 5) is 7.49. The smallest absolute Gasteiger partial charge is 0.254 e. The summed E-state index contributed by atoms with van der Waals surface area (Å²) < 4.78 is 55.3. The molecule has 3 rings (SSSR count). The minimum Gasteiger partial charge on any atom is -0.254 e. The third-order valence-electron chi connectivity index (χ3n) is 2.91. The molecule has 6 heteroatoms. The first-order valence-corrected chi connectivity index (χ1v) is 5.13. The van der Waals surface area contributed by atoms with E-state index in [0.29, 0.717) is 0 Å². The Morgan fingerprint density at radius 2 is 1.11 bits per heavy atom. The molecular formula is C12H6F4N2. The van der Waals surface area contributed by atoms with Crippen molar-refractivity contribution in [2.45, 2.75) is 11.8 Å². The number of nitrogens with zero attached hydrogens (tertiary/aromatic N) is 2. The Morgan fingerprint density at radius 3 is 1.50 bits per heavy atom. The van der Waals surface area contributed by atoms with E-state index in [1.54, 1.807) is 0 Å². The van der Waals surface area contributed by atoms with Crippen LogP contribution in [0.4, 0.5) is 17.6 Å². The van der Waals surface area contributed by atoms with Gasteiger partial charge >= 0.3 is 11.8 Å². The number of hydrogen-bond donors (Lipinski definition) is 0. The maximum Gasteiger partial charge on any atom is 0.341 e. The summed E-state index contributed by atoms with van der Waals surface area (Å²) in [6, 6.07) is 4.31. The number of halogens is 4. The van der Waals surface area contributed by atoms with Crippen LogP contribution in [0.1, 0.15) is 11.1 Å². The highest BCUT2D eigenvalue weighted by molar-refractivity contribution is 5.68. The van der Waals surface area contributed by atoms with Crippen molar-refractivity contribution in [3.8, 4) is 11.4 Å². The quantitative estimate of drug-likeness (QED) is 0.674. The molecule has 0 saturated carbocycles. The third kappa shape index (κ3) is 1.17. The number of alkyl halides is 4. The lowest BCUT2D eigenvalue weighted by Gasteiger charge is -2.33. The molecule has 18 heavy (non-hydrogen) atoms. The van der Waals surface area contributed by atoms with Crippen LogP contribution in [-0.2, 0) is 11.8 Å². The highest BCUT2D eigenvalue weighted by atomic mass is 19.3. The van der Waals surface area contributed by atoms with Crippen molar-refractivity contribution in [3.05, 3.63) is 47.8 Å². The second kappa shape index (κ2) is 3.28. The average molecular weight is 254 g/mol. The average Bonchev–Trinajstić information content (AvgIpc) is 2.37. The summed E-state index contributed by atoms with van der Waals surface area (Å²) >= 11 is 0. The molecule has 0 N–H and O–H groups in total. The molecule has 2 aromatic heterocycles. The maximum atomic E-state index is 13.8. The molecule has 0 bridgehead atoms. The number of pyridine rings is 2. The zero-order chi connectivity index (χ0) is 13.0. The van der Waals surface area contributed by atoms with E-state index in [2.05, 4.69) is 9.97 Å². The van der Waals surface area contributed by atoms with Crippen molar-refractivity contribution in [2.75, 3.05) is 0 Å². The molecule has 0 saturated heterocycles. The molecule has 92 valence electrons. The molecule has 1 aliphatic carbocycles. The van der Waals surface area contributed by atoms with E-state index < -0.39 is 23.0 Å². The van der Waals surface area contributed by atoms with Gasteiger partial charge in [-0.1, -0.05) is 0 Å². The molecular weight excluding hydrogens is 248 g/mol. The summed E-state index contributed by atoms with van der Waals surface area (Å²) in [5.74, 6) is -8.57. The van der Waals surface area contributed by atoms with E-state index >= 15 is 0 Å². The van der Waals surface area contributed by atoms with E-state index in [1.165, 1.54) is 24.5 Å². The van der Waals surface area contributed by atoms with Gasteiger partial charge in [0.15, 0.2) is 0 Å². The first kappa shape index (κ1) is 11.1. The van der Waals surface area contributed by atoms with E-state index in [9.17, 15) is 17.6 Å². The Balaban J connectivity index is 2.43. The number of rotatable bonds is 0. The first-order valence-electron chi connectivity index (χ1n) is 5.13. The minimum atomic E-state index is -4.29. The van der Waals surface area contributed by atoms with Crippen LogP contribution >= 0.6 is 0 Å². The van der Waals surface area contributed by atoms with Crippen LogP contribution in [0.5, 0.6) is 0 Å². The van der Waals surface area contributed by atoms with E-state index in [0.717, 1.165) is 12.1 Å². The molecule has 0 unspecified atom stereocenters. The van der Waals surface area contributed by atoms with Crippen LogP contribution in [0.25, 0.3) is 11.4 Å². The van der Waals surface area contributed by atoms with Gasteiger partial charge in [-0.2, -0.15) is 17.6 Å². The van der Waals surface area contributed by atoms with Crippen LogP contribution in [0.3, 0.4) is 0 Å². The van der Waals surface area contributed by atoms with Crippen LogP contribution in [0, 0.1) is 0 Å². The van der Waals surface area contributed by atoms with Gasteiger partial charge in [0, 0.05) is 12.4 Å². The largest absolute Gasteiger partial charge is 0.341 e. The second-order valence-electron chi connectivity index (χ2n) is 3.95. The monoisotopic (exact) mass is 254 g/mol. The van der Waals surface area contributed by atoms with Crippen molar-refractivity contribution in [3.63, 3.8) is 0 Å². The fourth-order valence-corrected chi connectivity index (χ4v) is 2.03. The Bertz CT molecular complexity index is 569. The Hall–Kier alpha value is -1.98. The van der Waals surface area contributed by atoms with Crippen molar-refractivity contribution < 1.29 is 17.6 Å². The van der Waals surface area contributed by atoms with Gasteiger partial charge in [-0.3, -0.25) is 9.97 Å². The standard InChI is InChI=1S/C12H6F4N2/c13-11(14)7-3-1-5-17-9(7)10-8(12(11,15)16)4-2-6-18-10/h1-6H. The molecule has 0 radical (unpaired) electrons. The molecule has 0 amide bonds. The number of aromatic nitrogens is 2. The van der Waals surface area contributed by atoms with E-state index in [-0.39, 0.29) is 11.4 Å². The molecule has 0 spiro atoms. The molecule has 0 fully saturated rings. The van der Waals surface area contributed by atoms with Gasteiger partial charge in [-0.05, 0) is 24.3 Å². The zero-order valence-electron chi connectivity index (χ0n) is 8.87. The fourth-order valence-electron chi connectivity index (χ4n) is 2.03. The van der Waals surface area contributed by atoms with Gasteiger partial charge in [0.25, 0.3) is 0 Å². The minimum absolute atomic E-state index is 0.191. The van der Waals surface area contributed by atoms with Crippen LogP contribution < -0.4 is 0 Å². The van der Waals surface area contributed by atoms with Gasteiger partial charge in [0.1, 0.15) is 0 Å². The molecule has 2 nitrogen and oxygen atoms in total. The Morgan fingerprint density at radius 1 is 0.722 bits per heavy atom. The number of hydrogen-bond acceptors (Lipinski definition) is 2. The predicted octanol–water partition coefficient (Wildman–Crippen LogP) is 3.34. The van der Waals surface area contributed by atoms with Crippen LogP contribution in [-0.4, -0.2) is 9.97 Å². The normalized spacial score (nSPS) is 18.9. The predicted molar refractivity (Wildman–Crippen MR) is 55.3 cm³/mol. The third-order valence-corrected chi connectivity index (χ3v) is 2.91. The van der Waals surface area contributed by atoms with Gasteiger partial charge in [0.05, 0.1) is 22.5 Å². The van der Waals surface area contributed by atoms with Crippen LogP contribution in [0.2, 0.25) is 0 Å². The second-order valence-corrected chi connectivity index (χ2v) is 3.95. The van der Waals surface area contributed by atoms with Gasteiger partial charge in [-0.15, -0.1) is 0 Å². The lowest BCUT2D eigenvalue weighted by Crippen LogP contribution is -2.39. The van der Waals surface area contributed by atoms with Crippen molar-refractivity contribution in [1.82, 2.24) is 9.97 Å². The molecule has 1 aliphatic rings. The molecule has 0 aromatic carbocycles. The molecule has 0 atom stereocenters. The summed E-state index contributed by atoms with van der Waals surface area (Å²) in [7, 11) is 0. The fraction of sp³-hybridized carbons (Fsp3) is 0.167. The van der Waals surface area contributed by atoms with E-state index in [4.69, 9.17) is 0 Å². The molecule has 2 aromatic rings. The lowest BCUT2D eigenvalue weighted by atomic mass is 9.86. The highest BCUT2D eigenvalue weighted by Gasteiger charge is 2.63. The molecule has 2 heterocycles. The highest BCUT2D eigenvalue weighted by Crippen LogP contribution is 2.56. The topological polar surface area (TPSA) is 25.8 Å². The van der Waals surface area contributed by atoms with Crippen molar-refractivity contribution in [2.24, 2.45) is 0 Å². The van der Waals surface area contributed by atoms with E-state index in [1.807, 2.05) is 0 Å². The maximum absolute atomic E-state index is 13.8. The Labute approximate surface area is 99.3 Å². The summed E-state index contributed by atoms with van der Waals surface area (Å²) in [5.41, 5.74) is -1.96. The Kier molecular flexibility index (Phi) is 2.03. The SMILES string of the molecule is FC1(F)c2cccnc2-c2ncccc2C1(F)F. The van der Waals surface area contributed by atoms with Crippen LogP contribution in [0.15, 0.2) is 36.7 Å². The lowest BCUT2D eigenvalue weighted by molar-refractivity contribution is -0.225.